The van der Waals surface area contributed by atoms with Crippen LogP contribution in [-0.4, -0.2) is 17.6 Å². The molecule has 0 fully saturated rings. The highest BCUT2D eigenvalue weighted by Crippen LogP contribution is 2.38. The lowest BCUT2D eigenvalue weighted by molar-refractivity contribution is 0.0516. The van der Waals surface area contributed by atoms with E-state index in [1.807, 2.05) is 60.7 Å². The van der Waals surface area contributed by atoms with Crippen molar-refractivity contribution in [1.29, 1.82) is 0 Å². The average Bonchev–Trinajstić information content (AvgIpc) is 2.99. The van der Waals surface area contributed by atoms with E-state index >= 15 is 0 Å². The van der Waals surface area contributed by atoms with Gasteiger partial charge in [-0.1, -0.05) is 59.5 Å². The fourth-order valence-electron chi connectivity index (χ4n) is 2.00. The lowest BCUT2D eigenvalue weighted by atomic mass is 10.3. The predicted octanol–water partition coefficient (Wildman–Crippen LogP) is 5.21. The first-order valence-corrected chi connectivity index (χ1v) is 9.12. The second kappa shape index (κ2) is 7.99. The van der Waals surface area contributed by atoms with Gasteiger partial charge in [0.15, 0.2) is 10.8 Å². The molecular weight excluding hydrogens is 340 g/mol. The first kappa shape index (κ1) is 16.5. The monoisotopic (exact) mass is 356 g/mol. The van der Waals surface area contributed by atoms with E-state index in [0.717, 1.165) is 14.8 Å². The number of anilines is 2. The van der Waals surface area contributed by atoms with Gasteiger partial charge in [-0.25, -0.2) is 9.78 Å². The molecule has 0 spiro atoms. The van der Waals surface area contributed by atoms with Crippen LogP contribution in [0.3, 0.4) is 0 Å². The van der Waals surface area contributed by atoms with E-state index in [9.17, 15) is 4.79 Å². The van der Waals surface area contributed by atoms with Crippen LogP contribution in [0.4, 0.5) is 10.8 Å². The third-order valence-electron chi connectivity index (χ3n) is 3.04. The molecule has 0 amide bonds. The molecule has 0 saturated carbocycles. The van der Waals surface area contributed by atoms with Crippen LogP contribution in [0.1, 0.15) is 17.4 Å². The van der Waals surface area contributed by atoms with Crippen molar-refractivity contribution in [3.63, 3.8) is 0 Å². The first-order chi connectivity index (χ1) is 11.8. The van der Waals surface area contributed by atoms with Gasteiger partial charge in [0.2, 0.25) is 0 Å². The second-order valence-electron chi connectivity index (χ2n) is 4.78. The first-order valence-electron chi connectivity index (χ1n) is 7.49. The van der Waals surface area contributed by atoms with Crippen molar-refractivity contribution in [3.05, 3.63) is 66.4 Å². The summed E-state index contributed by atoms with van der Waals surface area (Å²) in [7, 11) is 0. The fraction of sp³-hybridized carbons (Fsp3) is 0.111. The highest BCUT2D eigenvalue weighted by molar-refractivity contribution is 8.01. The van der Waals surface area contributed by atoms with E-state index in [1.165, 1.54) is 23.1 Å². The van der Waals surface area contributed by atoms with Gasteiger partial charge in [-0.05, 0) is 31.2 Å². The number of ether oxygens (including phenoxy) is 1. The number of para-hydroxylation sites is 1. The minimum absolute atomic E-state index is 0.327. The molecule has 3 rings (SSSR count). The number of thiazole rings is 1. The summed E-state index contributed by atoms with van der Waals surface area (Å²) in [4.78, 5) is 17.7. The third-order valence-corrected chi connectivity index (χ3v) is 5.20. The van der Waals surface area contributed by atoms with E-state index in [-0.39, 0.29) is 0 Å². The Morgan fingerprint density at radius 3 is 2.46 bits per heavy atom. The second-order valence-corrected chi connectivity index (χ2v) is 7.12. The number of benzene rings is 2. The molecule has 122 valence electrons. The number of hydrogen-bond acceptors (Lipinski definition) is 6. The van der Waals surface area contributed by atoms with Crippen LogP contribution in [0.5, 0.6) is 0 Å². The van der Waals surface area contributed by atoms with Crippen molar-refractivity contribution in [3.8, 4) is 0 Å². The van der Waals surface area contributed by atoms with Crippen LogP contribution >= 0.6 is 23.1 Å². The van der Waals surface area contributed by atoms with Crippen LogP contribution in [0.25, 0.3) is 0 Å². The molecule has 6 heteroatoms. The number of nitrogens with zero attached hydrogens (tertiary/aromatic N) is 1. The van der Waals surface area contributed by atoms with E-state index in [4.69, 9.17) is 4.74 Å². The van der Waals surface area contributed by atoms with E-state index in [1.54, 1.807) is 6.92 Å². The number of aromatic nitrogens is 1. The van der Waals surface area contributed by atoms with Gasteiger partial charge in [0.25, 0.3) is 0 Å². The lowest BCUT2D eigenvalue weighted by Crippen LogP contribution is -2.06. The van der Waals surface area contributed by atoms with E-state index in [0.29, 0.717) is 17.4 Å². The van der Waals surface area contributed by atoms with Gasteiger partial charge in [-0.15, -0.1) is 0 Å². The van der Waals surface area contributed by atoms with Crippen LogP contribution < -0.4 is 5.32 Å². The Kier molecular flexibility index (Phi) is 5.51. The minimum Gasteiger partial charge on any atom is -0.461 e. The summed E-state index contributed by atoms with van der Waals surface area (Å²) in [5.41, 5.74) is 1.28. The van der Waals surface area contributed by atoms with Gasteiger partial charge in [0.1, 0.15) is 4.21 Å². The van der Waals surface area contributed by atoms with Crippen molar-refractivity contribution < 1.29 is 9.53 Å². The molecule has 1 aromatic heterocycles. The minimum atomic E-state index is -0.395. The third kappa shape index (κ3) is 4.15. The number of carbonyl (C=O) groups is 1. The molecular formula is C18H16N2O2S2. The number of hydrogen-bond donors (Lipinski definition) is 1. The molecule has 4 nitrogen and oxygen atoms in total. The molecule has 0 aliphatic heterocycles. The zero-order chi connectivity index (χ0) is 16.8. The largest absolute Gasteiger partial charge is 0.461 e. The lowest BCUT2D eigenvalue weighted by Gasteiger charge is -2.01. The van der Waals surface area contributed by atoms with E-state index < -0.39 is 5.97 Å². The fourth-order valence-corrected chi connectivity index (χ4v) is 4.13. The van der Waals surface area contributed by atoms with Crippen LogP contribution in [0.15, 0.2) is 69.8 Å². The SMILES string of the molecule is CCOC(=O)c1nc(Nc2ccccc2)sc1Sc1ccccc1. The molecule has 0 aliphatic carbocycles. The van der Waals surface area contributed by atoms with Gasteiger partial charge < -0.3 is 10.1 Å². The van der Waals surface area contributed by atoms with Gasteiger partial charge in [0.05, 0.1) is 6.61 Å². The highest BCUT2D eigenvalue weighted by atomic mass is 32.2. The van der Waals surface area contributed by atoms with Gasteiger partial charge >= 0.3 is 5.97 Å². The van der Waals surface area contributed by atoms with Crippen molar-refractivity contribution in [2.75, 3.05) is 11.9 Å². The van der Waals surface area contributed by atoms with Crippen LogP contribution in [0, 0.1) is 0 Å². The number of nitrogens with one attached hydrogen (secondary N) is 1. The zero-order valence-electron chi connectivity index (χ0n) is 13.1. The molecule has 0 bridgehead atoms. The maximum absolute atomic E-state index is 12.2. The van der Waals surface area contributed by atoms with Crippen molar-refractivity contribution in [2.45, 2.75) is 16.0 Å². The molecule has 1 heterocycles. The highest BCUT2D eigenvalue weighted by Gasteiger charge is 2.20. The summed E-state index contributed by atoms with van der Waals surface area (Å²) in [5, 5.41) is 3.90. The number of esters is 1. The molecule has 0 unspecified atom stereocenters. The van der Waals surface area contributed by atoms with Gasteiger partial charge in [0, 0.05) is 10.6 Å². The zero-order valence-corrected chi connectivity index (χ0v) is 14.7. The van der Waals surface area contributed by atoms with Crippen LogP contribution in [0.2, 0.25) is 0 Å². The molecule has 24 heavy (non-hydrogen) atoms. The molecule has 0 atom stereocenters. The average molecular weight is 356 g/mol. The maximum atomic E-state index is 12.2. The molecule has 0 aliphatic rings. The van der Waals surface area contributed by atoms with Crippen molar-refractivity contribution in [1.82, 2.24) is 4.98 Å². The summed E-state index contributed by atoms with van der Waals surface area (Å²) < 4.78 is 5.95. The molecule has 0 saturated heterocycles. The van der Waals surface area contributed by atoms with Crippen molar-refractivity contribution in [2.24, 2.45) is 0 Å². The summed E-state index contributed by atoms with van der Waals surface area (Å²) in [5.74, 6) is -0.395. The molecule has 2 aromatic carbocycles. The standard InChI is InChI=1S/C18H16N2O2S2/c1-2-22-16(21)15-17(23-14-11-7-4-8-12-14)24-18(20-15)19-13-9-5-3-6-10-13/h3-12H,2H2,1H3,(H,19,20). The molecule has 3 aromatic rings. The Morgan fingerprint density at radius 2 is 1.79 bits per heavy atom. The quantitative estimate of drug-likeness (QED) is 0.614. The summed E-state index contributed by atoms with van der Waals surface area (Å²) in [6.45, 7) is 2.12. The Morgan fingerprint density at radius 1 is 1.12 bits per heavy atom. The maximum Gasteiger partial charge on any atom is 0.359 e. The predicted molar refractivity (Wildman–Crippen MR) is 98.4 cm³/mol. The summed E-state index contributed by atoms with van der Waals surface area (Å²) >= 11 is 2.96. The normalized spacial score (nSPS) is 10.4. The Balaban J connectivity index is 1.88. The van der Waals surface area contributed by atoms with Gasteiger partial charge in [-0.3, -0.25) is 0 Å². The Bertz CT molecular complexity index is 804. The smallest absolute Gasteiger partial charge is 0.359 e. The Labute approximate surface area is 148 Å². The number of carbonyl (C=O) groups excluding carboxylic acids is 1. The van der Waals surface area contributed by atoms with Gasteiger partial charge in [-0.2, -0.15) is 0 Å². The number of rotatable bonds is 6. The summed E-state index contributed by atoms with van der Waals surface area (Å²) in [6, 6.07) is 19.7. The molecule has 0 radical (unpaired) electrons. The van der Waals surface area contributed by atoms with Crippen molar-refractivity contribution >= 4 is 39.9 Å². The van der Waals surface area contributed by atoms with E-state index in [2.05, 4.69) is 10.3 Å². The summed E-state index contributed by atoms with van der Waals surface area (Å²) in [6.07, 6.45) is 0. The Hall–Kier alpha value is -2.31. The molecule has 1 N–H and O–H groups in total. The van der Waals surface area contributed by atoms with Crippen LogP contribution in [-0.2, 0) is 4.74 Å². The topological polar surface area (TPSA) is 51.2 Å².